The molecule has 0 aliphatic rings. The molecule has 0 unspecified atom stereocenters. The SMILES string of the molecule is Cc1ccc(-c2noc([C@H](C)NC(=O)c3ccccc3Br)n2)cc1. The van der Waals surface area contributed by atoms with E-state index in [-0.39, 0.29) is 5.91 Å². The maximum absolute atomic E-state index is 12.3. The highest BCUT2D eigenvalue weighted by molar-refractivity contribution is 9.10. The summed E-state index contributed by atoms with van der Waals surface area (Å²) in [4.78, 5) is 16.7. The van der Waals surface area contributed by atoms with E-state index in [0.29, 0.717) is 17.3 Å². The first-order valence-corrected chi connectivity index (χ1v) is 8.30. The monoisotopic (exact) mass is 385 g/mol. The predicted octanol–water partition coefficient (Wildman–Crippen LogP) is 4.30. The summed E-state index contributed by atoms with van der Waals surface area (Å²) < 4.78 is 6.03. The third kappa shape index (κ3) is 3.54. The van der Waals surface area contributed by atoms with Gasteiger partial charge in [0.25, 0.3) is 5.91 Å². The van der Waals surface area contributed by atoms with Gasteiger partial charge in [0, 0.05) is 10.0 Å². The van der Waals surface area contributed by atoms with E-state index in [4.69, 9.17) is 4.52 Å². The molecule has 3 rings (SSSR count). The van der Waals surface area contributed by atoms with Crippen LogP contribution in [0.15, 0.2) is 57.5 Å². The number of hydrogen-bond acceptors (Lipinski definition) is 4. The lowest BCUT2D eigenvalue weighted by atomic mass is 10.1. The fraction of sp³-hybridized carbons (Fsp3) is 0.167. The molecule has 122 valence electrons. The zero-order chi connectivity index (χ0) is 17.1. The summed E-state index contributed by atoms with van der Waals surface area (Å²) in [5.41, 5.74) is 2.60. The first-order valence-electron chi connectivity index (χ1n) is 7.50. The predicted molar refractivity (Wildman–Crippen MR) is 94.5 cm³/mol. The molecule has 0 saturated carbocycles. The van der Waals surface area contributed by atoms with Crippen LogP contribution >= 0.6 is 15.9 Å². The van der Waals surface area contributed by atoms with Crippen molar-refractivity contribution < 1.29 is 9.32 Å². The van der Waals surface area contributed by atoms with Crippen molar-refractivity contribution >= 4 is 21.8 Å². The molecule has 1 heterocycles. The number of hydrogen-bond donors (Lipinski definition) is 1. The van der Waals surface area contributed by atoms with Crippen LogP contribution in [0, 0.1) is 6.92 Å². The zero-order valence-corrected chi connectivity index (χ0v) is 14.9. The van der Waals surface area contributed by atoms with Gasteiger partial charge in [0.15, 0.2) is 0 Å². The fourth-order valence-electron chi connectivity index (χ4n) is 2.21. The van der Waals surface area contributed by atoms with Gasteiger partial charge in [-0.25, -0.2) is 0 Å². The molecule has 0 aliphatic heterocycles. The zero-order valence-electron chi connectivity index (χ0n) is 13.3. The first kappa shape index (κ1) is 16.4. The Kier molecular flexibility index (Phi) is 4.76. The second kappa shape index (κ2) is 6.97. The van der Waals surface area contributed by atoms with Crippen molar-refractivity contribution in [1.29, 1.82) is 0 Å². The Morgan fingerprint density at radius 3 is 2.58 bits per heavy atom. The second-order valence-electron chi connectivity index (χ2n) is 5.50. The first-order chi connectivity index (χ1) is 11.5. The number of aromatic nitrogens is 2. The number of carbonyl (C=O) groups is 1. The van der Waals surface area contributed by atoms with Crippen molar-refractivity contribution in [2.75, 3.05) is 0 Å². The van der Waals surface area contributed by atoms with E-state index in [2.05, 4.69) is 31.4 Å². The third-order valence-electron chi connectivity index (χ3n) is 3.59. The maximum Gasteiger partial charge on any atom is 0.253 e. The molecule has 0 bridgehead atoms. The fourth-order valence-corrected chi connectivity index (χ4v) is 2.68. The van der Waals surface area contributed by atoms with E-state index in [0.717, 1.165) is 15.6 Å². The van der Waals surface area contributed by atoms with Crippen LogP contribution in [0.25, 0.3) is 11.4 Å². The van der Waals surface area contributed by atoms with Crippen molar-refractivity contribution in [3.63, 3.8) is 0 Å². The molecule has 5 nitrogen and oxygen atoms in total. The van der Waals surface area contributed by atoms with E-state index < -0.39 is 6.04 Å². The lowest BCUT2D eigenvalue weighted by Crippen LogP contribution is -2.27. The van der Waals surface area contributed by atoms with Crippen LogP contribution in [0.5, 0.6) is 0 Å². The number of amides is 1. The van der Waals surface area contributed by atoms with Gasteiger partial charge in [-0.2, -0.15) is 4.98 Å². The number of halogens is 1. The highest BCUT2D eigenvalue weighted by Crippen LogP contribution is 2.20. The molecule has 1 N–H and O–H groups in total. The minimum absolute atomic E-state index is 0.204. The summed E-state index contributed by atoms with van der Waals surface area (Å²) in [5.74, 6) is 0.669. The lowest BCUT2D eigenvalue weighted by Gasteiger charge is -2.10. The van der Waals surface area contributed by atoms with Crippen LogP contribution in [0.4, 0.5) is 0 Å². The molecule has 24 heavy (non-hydrogen) atoms. The normalized spacial score (nSPS) is 12.0. The van der Waals surface area contributed by atoms with Crippen LogP contribution in [0.1, 0.15) is 34.8 Å². The average Bonchev–Trinajstić information content (AvgIpc) is 3.06. The largest absolute Gasteiger partial charge is 0.340 e. The van der Waals surface area contributed by atoms with E-state index >= 15 is 0 Å². The molecule has 1 amide bonds. The average molecular weight is 386 g/mol. The molecule has 0 saturated heterocycles. The molecule has 0 fully saturated rings. The third-order valence-corrected chi connectivity index (χ3v) is 4.28. The lowest BCUT2D eigenvalue weighted by molar-refractivity contribution is 0.0931. The molecule has 1 atom stereocenters. The molecule has 0 radical (unpaired) electrons. The number of nitrogens with zero attached hydrogens (tertiary/aromatic N) is 2. The molecular formula is C18H16BrN3O2. The number of benzene rings is 2. The van der Waals surface area contributed by atoms with Crippen LogP contribution in [-0.2, 0) is 0 Å². The molecule has 1 aromatic heterocycles. The Labute approximate surface area is 148 Å². The summed E-state index contributed by atoms with van der Waals surface area (Å²) in [6, 6.07) is 14.7. The summed E-state index contributed by atoms with van der Waals surface area (Å²) >= 11 is 3.37. The van der Waals surface area contributed by atoms with Gasteiger partial charge in [-0.05, 0) is 41.9 Å². The maximum atomic E-state index is 12.3. The van der Waals surface area contributed by atoms with Crippen molar-refractivity contribution in [3.05, 3.63) is 70.0 Å². The Morgan fingerprint density at radius 1 is 1.17 bits per heavy atom. The van der Waals surface area contributed by atoms with Gasteiger partial charge in [-0.15, -0.1) is 0 Å². The minimum Gasteiger partial charge on any atom is -0.340 e. The number of nitrogens with one attached hydrogen (secondary N) is 1. The van der Waals surface area contributed by atoms with E-state index in [1.165, 1.54) is 0 Å². The van der Waals surface area contributed by atoms with Gasteiger partial charge in [0.05, 0.1) is 5.56 Å². The van der Waals surface area contributed by atoms with E-state index in [1.807, 2.05) is 49.4 Å². The molecule has 6 heteroatoms. The molecule has 0 aliphatic carbocycles. The van der Waals surface area contributed by atoms with Gasteiger partial charge in [0.1, 0.15) is 6.04 Å². The van der Waals surface area contributed by atoms with Gasteiger partial charge in [0.2, 0.25) is 11.7 Å². The second-order valence-corrected chi connectivity index (χ2v) is 6.35. The Morgan fingerprint density at radius 2 is 1.88 bits per heavy atom. The van der Waals surface area contributed by atoms with E-state index in [1.54, 1.807) is 13.0 Å². The van der Waals surface area contributed by atoms with Crippen molar-refractivity contribution in [2.45, 2.75) is 19.9 Å². The summed E-state index contributed by atoms with van der Waals surface area (Å²) in [6.07, 6.45) is 0. The van der Waals surface area contributed by atoms with Gasteiger partial charge in [-0.3, -0.25) is 4.79 Å². The Bertz CT molecular complexity index is 859. The minimum atomic E-state index is -0.392. The summed E-state index contributed by atoms with van der Waals surface area (Å²) in [5, 5.41) is 6.85. The number of aryl methyl sites for hydroxylation is 1. The standard InChI is InChI=1S/C18H16BrN3O2/c1-11-7-9-13(10-8-11)16-21-18(24-22-16)12(2)20-17(23)14-5-3-4-6-15(14)19/h3-10,12H,1-2H3,(H,20,23)/t12-/m0/s1. The highest BCUT2D eigenvalue weighted by atomic mass is 79.9. The molecule has 0 spiro atoms. The topological polar surface area (TPSA) is 68.0 Å². The quantitative estimate of drug-likeness (QED) is 0.726. The van der Waals surface area contributed by atoms with Crippen molar-refractivity contribution in [2.24, 2.45) is 0 Å². The number of carbonyl (C=O) groups excluding carboxylic acids is 1. The van der Waals surface area contributed by atoms with Crippen molar-refractivity contribution in [3.8, 4) is 11.4 Å². The molecule has 3 aromatic rings. The van der Waals surface area contributed by atoms with Crippen LogP contribution in [0.2, 0.25) is 0 Å². The summed E-state index contributed by atoms with van der Waals surface area (Å²) in [6.45, 7) is 3.83. The van der Waals surface area contributed by atoms with Crippen LogP contribution in [0.3, 0.4) is 0 Å². The van der Waals surface area contributed by atoms with E-state index in [9.17, 15) is 4.79 Å². The van der Waals surface area contributed by atoms with Gasteiger partial charge >= 0.3 is 0 Å². The van der Waals surface area contributed by atoms with Crippen LogP contribution in [-0.4, -0.2) is 16.0 Å². The highest BCUT2D eigenvalue weighted by Gasteiger charge is 2.19. The summed E-state index contributed by atoms with van der Waals surface area (Å²) in [7, 11) is 0. The number of rotatable bonds is 4. The Balaban J connectivity index is 1.74. The van der Waals surface area contributed by atoms with Gasteiger partial charge in [-0.1, -0.05) is 47.1 Å². The smallest absolute Gasteiger partial charge is 0.253 e. The van der Waals surface area contributed by atoms with Crippen LogP contribution < -0.4 is 5.32 Å². The van der Waals surface area contributed by atoms with Gasteiger partial charge < -0.3 is 9.84 Å². The van der Waals surface area contributed by atoms with Crippen molar-refractivity contribution in [1.82, 2.24) is 15.5 Å². The Hall–Kier alpha value is -2.47. The molecular weight excluding hydrogens is 370 g/mol. The molecule has 2 aromatic carbocycles.